The maximum atomic E-state index is 14.0. The molecule has 1 N–H and O–H groups in total. The third-order valence-corrected chi connectivity index (χ3v) is 7.11. The van der Waals surface area contributed by atoms with Gasteiger partial charge in [-0.15, -0.1) is 0 Å². The summed E-state index contributed by atoms with van der Waals surface area (Å²) in [4.78, 5) is 15.6. The first-order valence-corrected chi connectivity index (χ1v) is 12.2. The Balaban J connectivity index is 1.42. The third kappa shape index (κ3) is 4.70. The van der Waals surface area contributed by atoms with Gasteiger partial charge in [0.15, 0.2) is 5.69 Å². The van der Waals surface area contributed by atoms with Gasteiger partial charge in [-0.25, -0.2) is 4.98 Å². The molecule has 0 aliphatic carbocycles. The van der Waals surface area contributed by atoms with Gasteiger partial charge < -0.3 is 19.4 Å². The van der Waals surface area contributed by atoms with Gasteiger partial charge in [0, 0.05) is 41.4 Å². The minimum atomic E-state index is -4.57. The predicted octanol–water partition coefficient (Wildman–Crippen LogP) is 6.51. The van der Waals surface area contributed by atoms with Gasteiger partial charge >= 0.3 is 12.1 Å². The number of alkyl halides is 3. The van der Waals surface area contributed by atoms with Gasteiger partial charge in [0.2, 0.25) is 0 Å². The maximum absolute atomic E-state index is 14.0. The van der Waals surface area contributed by atoms with Gasteiger partial charge in [0.05, 0.1) is 25.8 Å². The lowest BCUT2D eigenvalue weighted by molar-refractivity contribution is -0.141. The summed E-state index contributed by atoms with van der Waals surface area (Å²) in [7, 11) is 1.37. The fraction of sp³-hybridized carbons (Fsp3) is 0.357. The van der Waals surface area contributed by atoms with Crippen LogP contribution in [0, 0.1) is 6.92 Å². The highest BCUT2D eigenvalue weighted by molar-refractivity contribution is 5.72. The van der Waals surface area contributed by atoms with E-state index in [1.54, 1.807) is 22.8 Å². The van der Waals surface area contributed by atoms with Crippen LogP contribution >= 0.6 is 0 Å². The molecule has 0 amide bonds. The van der Waals surface area contributed by atoms with Crippen molar-refractivity contribution in [2.24, 2.45) is 0 Å². The Morgan fingerprint density at radius 2 is 2.08 bits per heavy atom. The van der Waals surface area contributed by atoms with Crippen molar-refractivity contribution in [3.05, 3.63) is 70.7 Å². The van der Waals surface area contributed by atoms with Crippen LogP contribution in [0.25, 0.3) is 17.3 Å². The number of ether oxygens (including phenoxy) is 2. The van der Waals surface area contributed by atoms with Crippen molar-refractivity contribution in [2.75, 3.05) is 19.0 Å². The number of allylic oxidation sites excluding steroid dienone is 1. The number of hydrogen-bond donors (Lipinski definition) is 1. The molecule has 6 nitrogen and oxygen atoms in total. The summed E-state index contributed by atoms with van der Waals surface area (Å²) >= 11 is 0. The van der Waals surface area contributed by atoms with Crippen molar-refractivity contribution in [3.63, 3.8) is 0 Å². The van der Waals surface area contributed by atoms with Gasteiger partial charge in [-0.05, 0) is 43.5 Å². The topological polar surface area (TPSA) is 65.4 Å². The molecule has 2 unspecified atom stereocenters. The van der Waals surface area contributed by atoms with Gasteiger partial charge in [-0.2, -0.15) is 13.2 Å². The molecule has 0 fully saturated rings. The largest absolute Gasteiger partial charge is 0.493 e. The first-order chi connectivity index (χ1) is 17.7. The number of esters is 1. The van der Waals surface area contributed by atoms with E-state index in [2.05, 4.69) is 10.3 Å². The molecule has 0 bridgehead atoms. The predicted molar refractivity (Wildman–Crippen MR) is 134 cm³/mol. The second kappa shape index (κ2) is 9.61. The van der Waals surface area contributed by atoms with E-state index in [0.717, 1.165) is 22.4 Å². The van der Waals surface area contributed by atoms with E-state index >= 15 is 0 Å². The number of halogens is 3. The number of hydrogen-bond acceptors (Lipinski definition) is 5. The fourth-order valence-electron chi connectivity index (χ4n) is 5.11. The van der Waals surface area contributed by atoms with Gasteiger partial charge in [-0.3, -0.25) is 4.79 Å². The zero-order valence-electron chi connectivity index (χ0n) is 20.9. The van der Waals surface area contributed by atoms with E-state index < -0.39 is 11.9 Å². The monoisotopic (exact) mass is 511 g/mol. The SMILES string of the molecule is COC(=O)CC1COc2cc(NCc3cccc(-c4c(C(F)(F)F)nc5n4C(C)CC=C5)c3C)ccc21. The number of carbonyl (C=O) groups is 1. The molecule has 5 rings (SSSR count). The average molecular weight is 512 g/mol. The number of fused-ring (bicyclic) bond motifs is 2. The molecule has 2 aliphatic rings. The Bertz CT molecular complexity index is 1380. The molecule has 2 aliphatic heterocycles. The zero-order valence-corrected chi connectivity index (χ0v) is 20.9. The molecule has 0 saturated carbocycles. The molecule has 3 heterocycles. The molecule has 0 spiro atoms. The van der Waals surface area contributed by atoms with Crippen LogP contribution in [0.5, 0.6) is 5.75 Å². The molecule has 0 radical (unpaired) electrons. The van der Waals surface area contributed by atoms with Crippen LogP contribution in [0.3, 0.4) is 0 Å². The molecular weight excluding hydrogens is 483 g/mol. The van der Waals surface area contributed by atoms with E-state index in [1.807, 2.05) is 44.2 Å². The van der Waals surface area contributed by atoms with Crippen molar-refractivity contribution in [2.45, 2.75) is 51.4 Å². The summed E-state index contributed by atoms with van der Waals surface area (Å²) in [5.74, 6) is 0.717. The highest BCUT2D eigenvalue weighted by atomic mass is 19.4. The summed E-state index contributed by atoms with van der Waals surface area (Å²) in [6.07, 6.45) is -0.138. The minimum Gasteiger partial charge on any atom is -0.493 e. The summed E-state index contributed by atoms with van der Waals surface area (Å²) in [5.41, 5.74) is 3.20. The van der Waals surface area contributed by atoms with Crippen molar-refractivity contribution in [1.82, 2.24) is 9.55 Å². The Morgan fingerprint density at radius 3 is 2.84 bits per heavy atom. The first kappa shape index (κ1) is 24.9. The van der Waals surface area contributed by atoms with Crippen LogP contribution in [0.4, 0.5) is 18.9 Å². The van der Waals surface area contributed by atoms with Crippen molar-refractivity contribution < 1.29 is 27.4 Å². The minimum absolute atomic E-state index is 0.0444. The number of nitrogens with one attached hydrogen (secondary N) is 1. The van der Waals surface area contributed by atoms with Gasteiger partial charge in [0.1, 0.15) is 11.6 Å². The van der Waals surface area contributed by atoms with Crippen LogP contribution in [0.2, 0.25) is 0 Å². The highest BCUT2D eigenvalue weighted by Gasteiger charge is 2.40. The summed E-state index contributed by atoms with van der Waals surface area (Å²) in [5, 5.41) is 3.36. The third-order valence-electron chi connectivity index (χ3n) is 7.11. The number of benzene rings is 2. The van der Waals surface area contributed by atoms with Crippen molar-refractivity contribution in [1.29, 1.82) is 0 Å². The molecule has 194 valence electrons. The number of methoxy groups -OCH3 is 1. The fourth-order valence-corrected chi connectivity index (χ4v) is 5.11. The second-order valence-corrected chi connectivity index (χ2v) is 9.51. The normalized spacial score (nSPS) is 18.2. The number of aromatic nitrogens is 2. The number of carbonyl (C=O) groups excluding carboxylic acids is 1. The standard InChI is InChI=1S/C28H28F3N3O3/c1-16-6-4-9-24-33-27(28(29,30)31)26(34(16)24)21-8-5-7-18(17(21)2)14-32-20-10-11-22-19(12-25(35)36-3)15-37-23(22)13-20/h4-5,7-11,13,16,19,32H,6,12,14-15H2,1-3H3. The Kier molecular flexibility index (Phi) is 6.47. The summed E-state index contributed by atoms with van der Waals surface area (Å²) in [6, 6.07) is 11.0. The van der Waals surface area contributed by atoms with E-state index in [4.69, 9.17) is 9.47 Å². The van der Waals surface area contributed by atoms with Crippen LogP contribution < -0.4 is 10.1 Å². The number of anilines is 1. The van der Waals surface area contributed by atoms with Crippen molar-refractivity contribution in [3.8, 4) is 17.0 Å². The Morgan fingerprint density at radius 1 is 1.27 bits per heavy atom. The Hall–Kier alpha value is -3.75. The summed E-state index contributed by atoms with van der Waals surface area (Å²) in [6.45, 7) is 4.59. The van der Waals surface area contributed by atoms with E-state index in [0.29, 0.717) is 36.7 Å². The molecule has 2 atom stereocenters. The van der Waals surface area contributed by atoms with Gasteiger partial charge in [0.25, 0.3) is 0 Å². The molecule has 37 heavy (non-hydrogen) atoms. The first-order valence-electron chi connectivity index (χ1n) is 12.2. The number of rotatable bonds is 6. The molecular formula is C28H28F3N3O3. The summed E-state index contributed by atoms with van der Waals surface area (Å²) < 4.78 is 54.3. The molecule has 2 aromatic carbocycles. The quantitative estimate of drug-likeness (QED) is 0.383. The Labute approximate surface area is 213 Å². The smallest absolute Gasteiger partial charge is 0.435 e. The lowest BCUT2D eigenvalue weighted by Crippen LogP contribution is -2.14. The van der Waals surface area contributed by atoms with Crippen LogP contribution in [-0.2, 0) is 22.3 Å². The lowest BCUT2D eigenvalue weighted by Gasteiger charge is -2.22. The van der Waals surface area contributed by atoms with E-state index in [-0.39, 0.29) is 30.0 Å². The van der Waals surface area contributed by atoms with Crippen LogP contribution in [-0.4, -0.2) is 29.2 Å². The molecule has 3 aromatic rings. The van der Waals surface area contributed by atoms with Gasteiger partial charge in [-0.1, -0.05) is 30.3 Å². The average Bonchev–Trinajstić information content (AvgIpc) is 3.45. The molecule has 9 heteroatoms. The number of nitrogens with zero attached hydrogens (tertiary/aromatic N) is 2. The van der Waals surface area contributed by atoms with Crippen LogP contribution in [0.15, 0.2) is 42.5 Å². The lowest BCUT2D eigenvalue weighted by atomic mass is 9.97. The molecule has 0 saturated heterocycles. The van der Waals surface area contributed by atoms with Crippen molar-refractivity contribution >= 4 is 17.7 Å². The van der Waals surface area contributed by atoms with Crippen LogP contribution in [0.1, 0.15) is 59.9 Å². The van der Waals surface area contributed by atoms with E-state index in [9.17, 15) is 18.0 Å². The second-order valence-electron chi connectivity index (χ2n) is 9.51. The highest BCUT2D eigenvalue weighted by Crippen LogP contribution is 2.42. The molecule has 1 aromatic heterocycles. The zero-order chi connectivity index (χ0) is 26.3. The maximum Gasteiger partial charge on any atom is 0.435 e. The van der Waals surface area contributed by atoms with E-state index in [1.165, 1.54) is 7.11 Å². The number of imidazole rings is 1.